The third-order valence-corrected chi connectivity index (χ3v) is 3.19. The molecule has 0 aromatic heterocycles. The van der Waals surface area contributed by atoms with Gasteiger partial charge in [-0.3, -0.25) is 4.79 Å². The van der Waals surface area contributed by atoms with Gasteiger partial charge in [-0.05, 0) is 24.9 Å². The van der Waals surface area contributed by atoms with E-state index in [1.54, 1.807) is 11.8 Å². The number of carbonyl (C=O) groups is 3. The van der Waals surface area contributed by atoms with Crippen molar-refractivity contribution in [3.63, 3.8) is 0 Å². The van der Waals surface area contributed by atoms with Crippen molar-refractivity contribution in [2.75, 3.05) is 11.5 Å². The molecule has 0 saturated carbocycles. The van der Waals surface area contributed by atoms with Crippen LogP contribution < -0.4 is 10.6 Å². The number of carboxylic acid groups (broad SMARTS) is 2. The van der Waals surface area contributed by atoms with Crippen molar-refractivity contribution in [3.05, 3.63) is 0 Å². The number of amides is 2. The minimum absolute atomic E-state index is 0.0988. The van der Waals surface area contributed by atoms with Gasteiger partial charge in [0.2, 0.25) is 0 Å². The molecule has 2 amide bonds. The van der Waals surface area contributed by atoms with Gasteiger partial charge in [-0.1, -0.05) is 6.92 Å². The summed E-state index contributed by atoms with van der Waals surface area (Å²) in [5.41, 5.74) is 0. The standard InChI is InChI=1S/C11H20N2O5S/c1-3-19-5-4-7(2)12-11(18)13-8(10(16)17)6-9(14)15/h7-8H,3-6H2,1-2H3,(H,14,15)(H,16,17)(H2,12,13,18)/t7?,8-/m0/s1. The van der Waals surface area contributed by atoms with E-state index in [9.17, 15) is 14.4 Å². The molecule has 0 radical (unpaired) electrons. The largest absolute Gasteiger partial charge is 0.481 e. The van der Waals surface area contributed by atoms with Crippen LogP contribution in [0.1, 0.15) is 26.7 Å². The van der Waals surface area contributed by atoms with E-state index < -0.39 is 30.4 Å². The van der Waals surface area contributed by atoms with Crippen molar-refractivity contribution in [1.82, 2.24) is 10.6 Å². The number of nitrogens with one attached hydrogen (secondary N) is 2. The summed E-state index contributed by atoms with van der Waals surface area (Å²) in [6.07, 6.45) is 0.116. The van der Waals surface area contributed by atoms with Crippen LogP contribution in [-0.2, 0) is 9.59 Å². The molecule has 0 aliphatic carbocycles. The first-order valence-electron chi connectivity index (χ1n) is 5.96. The maximum atomic E-state index is 11.5. The summed E-state index contributed by atoms with van der Waals surface area (Å²) in [4.78, 5) is 32.7. The van der Waals surface area contributed by atoms with Crippen molar-refractivity contribution >= 4 is 29.7 Å². The highest BCUT2D eigenvalue weighted by molar-refractivity contribution is 7.99. The number of carbonyl (C=O) groups excluding carboxylic acids is 1. The average Bonchev–Trinajstić information content (AvgIpc) is 2.27. The molecular formula is C11H20N2O5S. The fourth-order valence-corrected chi connectivity index (χ4v) is 2.08. The topological polar surface area (TPSA) is 116 Å². The third kappa shape index (κ3) is 9.18. The summed E-state index contributed by atoms with van der Waals surface area (Å²) in [6.45, 7) is 3.85. The van der Waals surface area contributed by atoms with Crippen molar-refractivity contribution in [2.24, 2.45) is 0 Å². The molecule has 0 bridgehead atoms. The van der Waals surface area contributed by atoms with Crippen LogP contribution in [0.5, 0.6) is 0 Å². The van der Waals surface area contributed by atoms with Gasteiger partial charge in [-0.2, -0.15) is 11.8 Å². The van der Waals surface area contributed by atoms with Crippen LogP contribution >= 0.6 is 11.8 Å². The van der Waals surface area contributed by atoms with Gasteiger partial charge in [-0.15, -0.1) is 0 Å². The Labute approximate surface area is 116 Å². The predicted octanol–water partition coefficient (Wildman–Crippen LogP) is 0.745. The average molecular weight is 292 g/mol. The van der Waals surface area contributed by atoms with E-state index in [4.69, 9.17) is 10.2 Å². The summed E-state index contributed by atoms with van der Waals surface area (Å²) in [5.74, 6) is -0.750. The molecule has 4 N–H and O–H groups in total. The zero-order valence-corrected chi connectivity index (χ0v) is 11.8. The fourth-order valence-electron chi connectivity index (χ4n) is 1.28. The fraction of sp³-hybridized carbons (Fsp3) is 0.727. The smallest absolute Gasteiger partial charge is 0.326 e. The Balaban J connectivity index is 4.11. The van der Waals surface area contributed by atoms with Gasteiger partial charge in [0, 0.05) is 6.04 Å². The van der Waals surface area contributed by atoms with Crippen LogP contribution in [-0.4, -0.2) is 51.8 Å². The van der Waals surface area contributed by atoms with Crippen molar-refractivity contribution in [2.45, 2.75) is 38.8 Å². The molecule has 0 aromatic carbocycles. The minimum Gasteiger partial charge on any atom is -0.481 e. The second-order valence-electron chi connectivity index (χ2n) is 3.99. The first-order valence-corrected chi connectivity index (χ1v) is 7.11. The molecule has 0 saturated heterocycles. The van der Waals surface area contributed by atoms with Crippen LogP contribution in [0.4, 0.5) is 4.79 Å². The number of hydrogen-bond donors (Lipinski definition) is 4. The van der Waals surface area contributed by atoms with E-state index in [2.05, 4.69) is 10.6 Å². The number of urea groups is 1. The molecule has 0 heterocycles. The number of carboxylic acids is 2. The Morgan fingerprint density at radius 1 is 1.21 bits per heavy atom. The van der Waals surface area contributed by atoms with Gasteiger partial charge in [0.1, 0.15) is 6.04 Å². The molecular weight excluding hydrogens is 272 g/mol. The molecule has 0 spiro atoms. The predicted molar refractivity (Wildman–Crippen MR) is 72.4 cm³/mol. The molecule has 0 fully saturated rings. The summed E-state index contributed by atoms with van der Waals surface area (Å²) >= 11 is 1.75. The molecule has 0 aliphatic heterocycles. The highest BCUT2D eigenvalue weighted by Gasteiger charge is 2.23. The van der Waals surface area contributed by atoms with E-state index in [1.807, 2.05) is 13.8 Å². The molecule has 1 unspecified atom stereocenters. The molecule has 2 atom stereocenters. The normalized spacial score (nSPS) is 13.4. The van der Waals surface area contributed by atoms with Crippen LogP contribution in [0.2, 0.25) is 0 Å². The summed E-state index contributed by atoms with van der Waals surface area (Å²) < 4.78 is 0. The first kappa shape index (κ1) is 17.6. The Bertz CT molecular complexity index is 324. The number of thioether (sulfide) groups is 1. The Morgan fingerprint density at radius 2 is 1.84 bits per heavy atom. The maximum Gasteiger partial charge on any atom is 0.326 e. The van der Waals surface area contributed by atoms with Crippen molar-refractivity contribution < 1.29 is 24.6 Å². The molecule has 19 heavy (non-hydrogen) atoms. The van der Waals surface area contributed by atoms with Gasteiger partial charge in [0.25, 0.3) is 0 Å². The Morgan fingerprint density at radius 3 is 2.32 bits per heavy atom. The monoisotopic (exact) mass is 292 g/mol. The lowest BCUT2D eigenvalue weighted by Crippen LogP contribution is -2.49. The number of rotatable bonds is 9. The second-order valence-corrected chi connectivity index (χ2v) is 5.39. The van der Waals surface area contributed by atoms with Gasteiger partial charge in [0.05, 0.1) is 6.42 Å². The zero-order chi connectivity index (χ0) is 14.8. The van der Waals surface area contributed by atoms with Crippen LogP contribution in [0, 0.1) is 0 Å². The van der Waals surface area contributed by atoms with Crippen LogP contribution in [0.3, 0.4) is 0 Å². The van der Waals surface area contributed by atoms with Gasteiger partial charge < -0.3 is 20.8 Å². The van der Waals surface area contributed by atoms with E-state index in [1.165, 1.54) is 0 Å². The highest BCUT2D eigenvalue weighted by Crippen LogP contribution is 2.03. The van der Waals surface area contributed by atoms with E-state index >= 15 is 0 Å². The Hall–Kier alpha value is -1.44. The van der Waals surface area contributed by atoms with Gasteiger partial charge in [0.15, 0.2) is 0 Å². The Kier molecular flexibility index (Phi) is 8.77. The molecule has 7 nitrogen and oxygen atoms in total. The van der Waals surface area contributed by atoms with E-state index in [0.717, 1.165) is 17.9 Å². The zero-order valence-electron chi connectivity index (χ0n) is 11.0. The summed E-state index contributed by atoms with van der Waals surface area (Å²) in [7, 11) is 0. The molecule has 0 rings (SSSR count). The van der Waals surface area contributed by atoms with Crippen LogP contribution in [0.25, 0.3) is 0 Å². The summed E-state index contributed by atoms with van der Waals surface area (Å²) in [6, 6.07) is -2.18. The van der Waals surface area contributed by atoms with Crippen molar-refractivity contribution in [1.29, 1.82) is 0 Å². The van der Waals surface area contributed by atoms with E-state index in [-0.39, 0.29) is 6.04 Å². The number of aliphatic carboxylic acids is 2. The molecule has 0 aromatic rings. The third-order valence-electron chi connectivity index (χ3n) is 2.26. The van der Waals surface area contributed by atoms with E-state index in [0.29, 0.717) is 0 Å². The quantitative estimate of drug-likeness (QED) is 0.466. The van der Waals surface area contributed by atoms with Crippen molar-refractivity contribution in [3.8, 4) is 0 Å². The molecule has 8 heteroatoms. The molecule has 110 valence electrons. The first-order chi connectivity index (χ1) is 8.86. The van der Waals surface area contributed by atoms with Crippen LogP contribution in [0.15, 0.2) is 0 Å². The minimum atomic E-state index is -1.42. The summed E-state index contributed by atoms with van der Waals surface area (Å²) in [5, 5.41) is 22.0. The molecule has 0 aliphatic rings. The maximum absolute atomic E-state index is 11.5. The lowest BCUT2D eigenvalue weighted by molar-refractivity contribution is -0.145. The van der Waals surface area contributed by atoms with Gasteiger partial charge >= 0.3 is 18.0 Å². The lowest BCUT2D eigenvalue weighted by atomic mass is 10.2. The SMILES string of the molecule is CCSCCC(C)NC(=O)N[C@@H](CC(=O)O)C(=O)O. The lowest BCUT2D eigenvalue weighted by Gasteiger charge is -2.17. The number of hydrogen-bond acceptors (Lipinski definition) is 4. The second kappa shape index (κ2) is 9.48. The van der Waals surface area contributed by atoms with Gasteiger partial charge in [-0.25, -0.2) is 9.59 Å². The highest BCUT2D eigenvalue weighted by atomic mass is 32.2.